The third kappa shape index (κ3) is 3.77. The molecule has 4 nitrogen and oxygen atoms in total. The quantitative estimate of drug-likeness (QED) is 0.824. The summed E-state index contributed by atoms with van der Waals surface area (Å²) in [5.41, 5.74) is -1.13. The van der Waals surface area contributed by atoms with Crippen LogP contribution in [0.2, 0.25) is 0 Å². The lowest BCUT2D eigenvalue weighted by Gasteiger charge is -2.15. The number of hydrogen-bond acceptors (Lipinski definition) is 3. The Hall–Kier alpha value is -2.64. The molecule has 0 aliphatic carbocycles. The highest BCUT2D eigenvalue weighted by Gasteiger charge is 2.32. The number of halogens is 4. The molecule has 0 bridgehead atoms. The molecule has 0 aliphatic rings. The summed E-state index contributed by atoms with van der Waals surface area (Å²) in [6, 6.07) is 4.35. The monoisotopic (exact) mass is 328 g/mol. The van der Waals surface area contributed by atoms with E-state index in [0.717, 1.165) is 6.07 Å². The van der Waals surface area contributed by atoms with E-state index in [0.29, 0.717) is 29.9 Å². The number of aryl methyl sites for hydroxylation is 1. The zero-order valence-electron chi connectivity index (χ0n) is 11.9. The van der Waals surface area contributed by atoms with E-state index in [4.69, 9.17) is 5.11 Å². The summed E-state index contributed by atoms with van der Waals surface area (Å²) < 4.78 is 51.5. The van der Waals surface area contributed by atoms with Gasteiger partial charge in [-0.3, -0.25) is 0 Å². The van der Waals surface area contributed by atoms with Crippen LogP contribution in [0.15, 0.2) is 30.5 Å². The number of aromatic carboxylic acids is 1. The number of carboxylic acid groups (broad SMARTS) is 1. The van der Waals surface area contributed by atoms with E-state index in [9.17, 15) is 22.4 Å². The smallest absolute Gasteiger partial charge is 0.417 e. The predicted octanol–water partition coefficient (Wildman–Crippen LogP) is 4.24. The molecule has 0 fully saturated rings. The molecule has 0 amide bonds. The molecule has 1 heterocycles. The van der Waals surface area contributed by atoms with E-state index in [2.05, 4.69) is 10.3 Å². The van der Waals surface area contributed by atoms with Crippen LogP contribution in [-0.2, 0) is 12.6 Å². The van der Waals surface area contributed by atoms with Crippen LogP contribution in [0.3, 0.4) is 0 Å². The van der Waals surface area contributed by atoms with Gasteiger partial charge in [-0.1, -0.05) is 6.92 Å². The second kappa shape index (κ2) is 6.23. The molecule has 0 radical (unpaired) electrons. The van der Waals surface area contributed by atoms with Crippen molar-refractivity contribution in [2.24, 2.45) is 0 Å². The van der Waals surface area contributed by atoms with E-state index < -0.39 is 29.2 Å². The number of rotatable bonds is 4. The zero-order chi connectivity index (χ0) is 17.2. The lowest BCUT2D eigenvalue weighted by atomic mass is 10.1. The van der Waals surface area contributed by atoms with Gasteiger partial charge in [-0.15, -0.1) is 0 Å². The highest BCUT2D eigenvalue weighted by molar-refractivity contribution is 5.93. The topological polar surface area (TPSA) is 62.2 Å². The average molecular weight is 328 g/mol. The number of nitrogens with one attached hydrogen (secondary N) is 1. The number of nitrogens with zero attached hydrogens (tertiary/aromatic N) is 1. The van der Waals surface area contributed by atoms with Crippen molar-refractivity contribution in [3.8, 4) is 0 Å². The molecule has 1 aromatic carbocycles. The Balaban J connectivity index is 2.51. The van der Waals surface area contributed by atoms with Crippen molar-refractivity contribution in [3.63, 3.8) is 0 Å². The van der Waals surface area contributed by atoms with Gasteiger partial charge in [-0.2, -0.15) is 13.2 Å². The van der Waals surface area contributed by atoms with Gasteiger partial charge in [-0.05, 0) is 36.2 Å². The minimum absolute atomic E-state index is 0.311. The van der Waals surface area contributed by atoms with E-state index in [1.807, 2.05) is 0 Å². The van der Waals surface area contributed by atoms with Crippen molar-refractivity contribution in [2.75, 3.05) is 5.32 Å². The first kappa shape index (κ1) is 16.7. The van der Waals surface area contributed by atoms with Gasteiger partial charge in [0.15, 0.2) is 5.69 Å². The fourth-order valence-corrected chi connectivity index (χ4v) is 2.01. The third-order valence-electron chi connectivity index (χ3n) is 3.14. The van der Waals surface area contributed by atoms with Crippen molar-refractivity contribution >= 4 is 17.3 Å². The Labute approximate surface area is 128 Å². The van der Waals surface area contributed by atoms with Gasteiger partial charge in [0.1, 0.15) is 5.82 Å². The molecule has 122 valence electrons. The third-order valence-corrected chi connectivity index (χ3v) is 3.14. The minimum Gasteiger partial charge on any atom is -0.476 e. The first-order valence-electron chi connectivity index (χ1n) is 6.58. The average Bonchev–Trinajstić information content (AvgIpc) is 2.47. The second-order valence-corrected chi connectivity index (χ2v) is 4.70. The highest BCUT2D eigenvalue weighted by atomic mass is 19.4. The van der Waals surface area contributed by atoms with E-state index in [1.54, 1.807) is 6.92 Å². The van der Waals surface area contributed by atoms with Crippen molar-refractivity contribution in [1.82, 2.24) is 4.98 Å². The lowest BCUT2D eigenvalue weighted by molar-refractivity contribution is -0.137. The van der Waals surface area contributed by atoms with Crippen molar-refractivity contribution in [1.29, 1.82) is 0 Å². The van der Waals surface area contributed by atoms with Gasteiger partial charge in [0, 0.05) is 11.9 Å². The van der Waals surface area contributed by atoms with Crippen LogP contribution in [-0.4, -0.2) is 16.1 Å². The van der Waals surface area contributed by atoms with Crippen LogP contribution >= 0.6 is 0 Å². The summed E-state index contributed by atoms with van der Waals surface area (Å²) in [5.74, 6) is -1.96. The normalized spacial score (nSPS) is 11.3. The zero-order valence-corrected chi connectivity index (χ0v) is 11.9. The Kier molecular flexibility index (Phi) is 4.53. The predicted molar refractivity (Wildman–Crippen MR) is 75.3 cm³/mol. The number of pyridine rings is 1. The fraction of sp³-hybridized carbons (Fsp3) is 0.200. The van der Waals surface area contributed by atoms with Gasteiger partial charge >= 0.3 is 12.1 Å². The molecule has 0 aliphatic heterocycles. The maximum atomic E-state index is 13.2. The molecule has 0 spiro atoms. The van der Waals surface area contributed by atoms with Crippen LogP contribution in [0.25, 0.3) is 0 Å². The van der Waals surface area contributed by atoms with Gasteiger partial charge < -0.3 is 10.4 Å². The van der Waals surface area contributed by atoms with Crippen LogP contribution in [0.4, 0.5) is 28.9 Å². The molecule has 0 unspecified atom stereocenters. The number of hydrogen-bond donors (Lipinski definition) is 2. The molecule has 0 atom stereocenters. The molecular weight excluding hydrogens is 316 g/mol. The number of carboxylic acids is 1. The molecule has 2 rings (SSSR count). The molecule has 1 aromatic heterocycles. The van der Waals surface area contributed by atoms with E-state index in [-0.39, 0.29) is 5.69 Å². The summed E-state index contributed by atoms with van der Waals surface area (Å²) in [4.78, 5) is 14.5. The first-order valence-corrected chi connectivity index (χ1v) is 6.58. The van der Waals surface area contributed by atoms with Gasteiger partial charge in [0.2, 0.25) is 0 Å². The Morgan fingerprint density at radius 2 is 1.96 bits per heavy atom. The largest absolute Gasteiger partial charge is 0.476 e. The summed E-state index contributed by atoms with van der Waals surface area (Å²) >= 11 is 0. The number of alkyl halides is 3. The Morgan fingerprint density at radius 3 is 2.52 bits per heavy atom. The summed E-state index contributed by atoms with van der Waals surface area (Å²) in [7, 11) is 0. The summed E-state index contributed by atoms with van der Waals surface area (Å²) in [6.07, 6.45) is -3.79. The SMILES string of the molecule is CCc1cc(F)ccc1Nc1cc(C(F)(F)F)cnc1C(=O)O. The van der Waals surface area contributed by atoms with Gasteiger partial charge in [0.05, 0.1) is 11.3 Å². The number of carbonyl (C=O) groups is 1. The maximum absolute atomic E-state index is 13.2. The Morgan fingerprint density at radius 1 is 1.26 bits per heavy atom. The summed E-state index contributed by atoms with van der Waals surface area (Å²) in [6.45, 7) is 1.74. The van der Waals surface area contributed by atoms with Crippen LogP contribution in [0.5, 0.6) is 0 Å². The number of anilines is 2. The maximum Gasteiger partial charge on any atom is 0.417 e. The molecule has 23 heavy (non-hydrogen) atoms. The Bertz CT molecular complexity index is 745. The van der Waals surface area contributed by atoms with Gasteiger partial charge in [0.25, 0.3) is 0 Å². The lowest BCUT2D eigenvalue weighted by Crippen LogP contribution is -2.11. The van der Waals surface area contributed by atoms with Crippen LogP contribution < -0.4 is 5.32 Å². The molecule has 0 saturated carbocycles. The molecular formula is C15H12F4N2O2. The van der Waals surface area contributed by atoms with Crippen molar-refractivity contribution < 1.29 is 27.5 Å². The summed E-state index contributed by atoms with van der Waals surface area (Å²) in [5, 5.41) is 11.7. The van der Waals surface area contributed by atoms with Crippen LogP contribution in [0, 0.1) is 5.82 Å². The first-order chi connectivity index (χ1) is 10.7. The highest BCUT2D eigenvalue weighted by Crippen LogP contribution is 2.32. The second-order valence-electron chi connectivity index (χ2n) is 4.70. The van der Waals surface area contributed by atoms with Crippen molar-refractivity contribution in [3.05, 3.63) is 53.1 Å². The van der Waals surface area contributed by atoms with Gasteiger partial charge in [-0.25, -0.2) is 14.2 Å². The molecule has 2 aromatic rings. The minimum atomic E-state index is -4.66. The van der Waals surface area contributed by atoms with E-state index >= 15 is 0 Å². The molecule has 8 heteroatoms. The van der Waals surface area contributed by atoms with Crippen LogP contribution in [0.1, 0.15) is 28.5 Å². The van der Waals surface area contributed by atoms with E-state index in [1.165, 1.54) is 12.1 Å². The number of aromatic nitrogens is 1. The number of benzene rings is 1. The standard InChI is InChI=1S/C15H12F4N2O2/c1-2-8-5-10(16)3-4-11(8)21-12-6-9(15(17,18)19)7-20-13(12)14(22)23/h3-7,21H,2H2,1H3,(H,22,23). The van der Waals surface area contributed by atoms with Crippen molar-refractivity contribution in [2.45, 2.75) is 19.5 Å². The molecule has 2 N–H and O–H groups in total. The fourth-order valence-electron chi connectivity index (χ4n) is 2.01. The molecule has 0 saturated heterocycles.